The Balaban J connectivity index is 1.52. The lowest BCUT2D eigenvalue weighted by molar-refractivity contribution is -0.118. The molecule has 9 heteroatoms. The predicted molar refractivity (Wildman–Crippen MR) is 159 cm³/mol. The maximum atomic E-state index is 13.2. The van der Waals surface area contributed by atoms with Crippen LogP contribution in [0.2, 0.25) is 5.02 Å². The normalized spacial score (nSPS) is 14.2. The Morgan fingerprint density at radius 3 is 2.45 bits per heavy atom. The van der Waals surface area contributed by atoms with E-state index in [1.807, 2.05) is 70.2 Å². The van der Waals surface area contributed by atoms with Crippen molar-refractivity contribution < 1.29 is 19.1 Å². The van der Waals surface area contributed by atoms with Gasteiger partial charge in [0.05, 0.1) is 22.2 Å². The molecule has 38 heavy (non-hydrogen) atoms. The summed E-state index contributed by atoms with van der Waals surface area (Å²) < 4.78 is 12.0. The number of carbonyl (C=O) groups is 2. The number of nitrogens with one attached hydrogen (secondary N) is 1. The number of benzene rings is 3. The zero-order valence-electron chi connectivity index (χ0n) is 21.5. The van der Waals surface area contributed by atoms with Crippen LogP contribution in [0.1, 0.15) is 29.2 Å². The van der Waals surface area contributed by atoms with Gasteiger partial charge >= 0.3 is 0 Å². The lowest BCUT2D eigenvalue weighted by Crippen LogP contribution is -2.27. The van der Waals surface area contributed by atoms with Crippen molar-refractivity contribution in [1.82, 2.24) is 0 Å². The molecule has 1 N–H and O–H groups in total. The number of aryl methyl sites for hydroxylation is 3. The van der Waals surface area contributed by atoms with Gasteiger partial charge in [-0.05, 0) is 75.2 Å². The van der Waals surface area contributed by atoms with E-state index in [0.29, 0.717) is 27.1 Å². The lowest BCUT2D eigenvalue weighted by Gasteiger charge is -2.15. The van der Waals surface area contributed by atoms with Crippen LogP contribution < -0.4 is 19.7 Å². The van der Waals surface area contributed by atoms with Crippen LogP contribution in [0.4, 0.5) is 11.4 Å². The standard InChI is InChI=1S/C29H27ClN2O4S2/c1-5-35-24-14-20(15-25-28(34)32(29(37)38-25)21-9-6-17(2)7-10-21)13-22(30)27(24)36-16-26(33)31-23-11-8-18(3)12-19(23)4/h6-15H,5,16H2,1-4H3,(H,31,33)/b25-15-. The molecule has 3 aromatic rings. The van der Waals surface area contributed by atoms with E-state index in [1.54, 1.807) is 18.2 Å². The van der Waals surface area contributed by atoms with Gasteiger partial charge in [0, 0.05) is 5.69 Å². The first-order valence-corrected chi connectivity index (χ1v) is 13.6. The summed E-state index contributed by atoms with van der Waals surface area (Å²) in [6.07, 6.45) is 1.72. The molecule has 196 valence electrons. The number of carbonyl (C=O) groups excluding carboxylic acids is 2. The van der Waals surface area contributed by atoms with Gasteiger partial charge < -0.3 is 14.8 Å². The SMILES string of the molecule is CCOc1cc(/C=C2\SC(=S)N(c3ccc(C)cc3)C2=O)cc(Cl)c1OCC(=O)Nc1ccc(C)cc1C. The first-order valence-electron chi connectivity index (χ1n) is 12.0. The number of ether oxygens (including phenoxy) is 2. The first-order chi connectivity index (χ1) is 18.2. The molecule has 4 rings (SSSR count). The summed E-state index contributed by atoms with van der Waals surface area (Å²) in [4.78, 5) is 27.7. The molecule has 1 saturated heterocycles. The minimum Gasteiger partial charge on any atom is -0.490 e. The van der Waals surface area contributed by atoms with Gasteiger partial charge in [0.1, 0.15) is 0 Å². The second-order valence-electron chi connectivity index (χ2n) is 8.77. The van der Waals surface area contributed by atoms with Crippen LogP contribution in [0.5, 0.6) is 11.5 Å². The maximum Gasteiger partial charge on any atom is 0.270 e. The van der Waals surface area contributed by atoms with Crippen molar-refractivity contribution in [1.29, 1.82) is 0 Å². The van der Waals surface area contributed by atoms with Gasteiger partial charge in [-0.25, -0.2) is 0 Å². The van der Waals surface area contributed by atoms with Crippen LogP contribution in [0.25, 0.3) is 6.08 Å². The number of thioether (sulfide) groups is 1. The fourth-order valence-electron chi connectivity index (χ4n) is 3.89. The maximum absolute atomic E-state index is 13.2. The predicted octanol–water partition coefficient (Wildman–Crippen LogP) is 7.09. The molecule has 0 aromatic heterocycles. The third-order valence-electron chi connectivity index (χ3n) is 5.72. The molecule has 0 saturated carbocycles. The minimum atomic E-state index is -0.320. The van der Waals surface area contributed by atoms with E-state index < -0.39 is 0 Å². The highest BCUT2D eigenvalue weighted by molar-refractivity contribution is 8.27. The molecule has 2 amide bonds. The van der Waals surface area contributed by atoms with E-state index in [4.69, 9.17) is 33.3 Å². The zero-order valence-corrected chi connectivity index (χ0v) is 23.9. The monoisotopic (exact) mass is 566 g/mol. The molecule has 1 fully saturated rings. The Kier molecular flexibility index (Phi) is 8.76. The highest BCUT2D eigenvalue weighted by Gasteiger charge is 2.33. The smallest absolute Gasteiger partial charge is 0.270 e. The van der Waals surface area contributed by atoms with Crippen molar-refractivity contribution in [3.05, 3.63) is 86.8 Å². The van der Waals surface area contributed by atoms with E-state index in [2.05, 4.69) is 5.32 Å². The van der Waals surface area contributed by atoms with E-state index in [1.165, 1.54) is 16.7 Å². The van der Waals surface area contributed by atoms with E-state index in [0.717, 1.165) is 28.1 Å². The van der Waals surface area contributed by atoms with Gasteiger partial charge in [-0.15, -0.1) is 0 Å². The van der Waals surface area contributed by atoms with Crippen LogP contribution in [-0.4, -0.2) is 29.3 Å². The highest BCUT2D eigenvalue weighted by atomic mass is 35.5. The molecule has 0 atom stereocenters. The van der Waals surface area contributed by atoms with Crippen molar-refractivity contribution in [2.45, 2.75) is 27.7 Å². The lowest BCUT2D eigenvalue weighted by atomic mass is 10.1. The van der Waals surface area contributed by atoms with E-state index in [9.17, 15) is 9.59 Å². The summed E-state index contributed by atoms with van der Waals surface area (Å²) in [5, 5.41) is 3.11. The molecule has 1 heterocycles. The fourth-order valence-corrected chi connectivity index (χ4v) is 5.46. The Labute approximate surface area is 237 Å². The quantitative estimate of drug-likeness (QED) is 0.232. The number of anilines is 2. The van der Waals surface area contributed by atoms with Crippen LogP contribution >= 0.6 is 35.6 Å². The number of thiocarbonyl (C=S) groups is 1. The molecule has 0 spiro atoms. The van der Waals surface area contributed by atoms with Crippen molar-refractivity contribution in [2.24, 2.45) is 0 Å². The number of halogens is 1. The van der Waals surface area contributed by atoms with Crippen molar-refractivity contribution >= 4 is 69.2 Å². The minimum absolute atomic E-state index is 0.207. The topological polar surface area (TPSA) is 67.9 Å². The van der Waals surface area contributed by atoms with Crippen molar-refractivity contribution in [2.75, 3.05) is 23.4 Å². The molecule has 0 aliphatic carbocycles. The molecule has 1 aliphatic rings. The fraction of sp³-hybridized carbons (Fsp3) is 0.207. The summed E-state index contributed by atoms with van der Waals surface area (Å²) in [5.41, 5.74) is 5.26. The van der Waals surface area contributed by atoms with Gasteiger partial charge in [0.25, 0.3) is 11.8 Å². The summed E-state index contributed by atoms with van der Waals surface area (Å²) in [7, 11) is 0. The molecule has 1 aliphatic heterocycles. The summed E-state index contributed by atoms with van der Waals surface area (Å²) in [6, 6.07) is 16.8. The second kappa shape index (κ2) is 12.0. The molecule has 6 nitrogen and oxygen atoms in total. The van der Waals surface area contributed by atoms with Crippen molar-refractivity contribution in [3.63, 3.8) is 0 Å². The largest absolute Gasteiger partial charge is 0.490 e. The van der Waals surface area contributed by atoms with Gasteiger partial charge in [0.15, 0.2) is 22.4 Å². The second-order valence-corrected chi connectivity index (χ2v) is 10.9. The third kappa shape index (κ3) is 6.38. The van der Waals surface area contributed by atoms with Crippen LogP contribution in [0.3, 0.4) is 0 Å². The number of rotatable bonds is 8. The Morgan fingerprint density at radius 1 is 1.05 bits per heavy atom. The van der Waals surface area contributed by atoms with Crippen LogP contribution in [-0.2, 0) is 9.59 Å². The number of amides is 2. The number of nitrogens with zero attached hydrogens (tertiary/aromatic N) is 1. The Bertz CT molecular complexity index is 1440. The van der Waals surface area contributed by atoms with Gasteiger partial charge in [-0.3, -0.25) is 14.5 Å². The van der Waals surface area contributed by atoms with Crippen LogP contribution in [0.15, 0.2) is 59.5 Å². The summed E-state index contributed by atoms with van der Waals surface area (Å²) >= 11 is 13.3. The highest BCUT2D eigenvalue weighted by Crippen LogP contribution is 2.40. The molecule has 0 bridgehead atoms. The number of hydrogen-bond donors (Lipinski definition) is 1. The number of hydrogen-bond acceptors (Lipinski definition) is 6. The third-order valence-corrected chi connectivity index (χ3v) is 7.30. The van der Waals surface area contributed by atoms with Gasteiger partial charge in [-0.2, -0.15) is 0 Å². The van der Waals surface area contributed by atoms with Crippen molar-refractivity contribution in [3.8, 4) is 11.5 Å². The van der Waals surface area contributed by atoms with E-state index in [-0.39, 0.29) is 29.2 Å². The Morgan fingerprint density at radius 2 is 1.76 bits per heavy atom. The molecule has 0 radical (unpaired) electrons. The summed E-state index contributed by atoms with van der Waals surface area (Å²) in [6.45, 7) is 7.86. The average molecular weight is 567 g/mol. The van der Waals surface area contributed by atoms with Gasteiger partial charge in [-0.1, -0.05) is 71.0 Å². The summed E-state index contributed by atoms with van der Waals surface area (Å²) in [5.74, 6) is 0.105. The Hall–Kier alpha value is -3.33. The van der Waals surface area contributed by atoms with E-state index >= 15 is 0 Å². The first kappa shape index (κ1) is 27.7. The molecular weight excluding hydrogens is 540 g/mol. The molecular formula is C29H27ClN2O4S2. The zero-order chi connectivity index (χ0) is 27.4. The molecule has 0 unspecified atom stereocenters. The van der Waals surface area contributed by atoms with Gasteiger partial charge in [0.2, 0.25) is 0 Å². The molecule has 3 aromatic carbocycles. The van der Waals surface area contributed by atoms with Crippen LogP contribution in [0, 0.1) is 20.8 Å². The average Bonchev–Trinajstić information content (AvgIpc) is 3.13.